The molecule has 0 bridgehead atoms. The summed E-state index contributed by atoms with van der Waals surface area (Å²) in [7, 11) is 0. The summed E-state index contributed by atoms with van der Waals surface area (Å²) >= 11 is 0. The Morgan fingerprint density at radius 1 is 1.58 bits per heavy atom. The number of aliphatic hydroxyl groups excluding tert-OH is 2. The van der Waals surface area contributed by atoms with Gasteiger partial charge in [-0.15, -0.1) is 0 Å². The molecule has 3 N–H and O–H groups in total. The first-order chi connectivity index (χ1) is 9.08. The predicted octanol–water partition coefficient (Wildman–Crippen LogP) is -1.15. The van der Waals surface area contributed by atoms with Crippen LogP contribution in [0.2, 0.25) is 0 Å². The van der Waals surface area contributed by atoms with Crippen molar-refractivity contribution in [3.63, 3.8) is 0 Å². The van der Waals surface area contributed by atoms with Crippen molar-refractivity contribution >= 4 is 0 Å². The summed E-state index contributed by atoms with van der Waals surface area (Å²) in [5, 5.41) is 18.6. The number of nitrogens with one attached hydrogen (secondary N) is 1. The number of imidazole rings is 1. The van der Waals surface area contributed by atoms with Gasteiger partial charge in [-0.3, -0.25) is 4.57 Å². The van der Waals surface area contributed by atoms with Crippen LogP contribution in [0, 0.1) is 6.08 Å². The molecule has 3 aliphatic rings. The number of fused-ring (bicyclic) bond motifs is 1. The second-order valence-corrected chi connectivity index (χ2v) is 4.31. The summed E-state index contributed by atoms with van der Waals surface area (Å²) in [5.41, 5.74) is -0.336. The van der Waals surface area contributed by atoms with E-state index in [4.69, 9.17) is 9.84 Å². The minimum Gasteiger partial charge on any atom is -0.394 e. The molecule has 3 atom stereocenters. The van der Waals surface area contributed by atoms with Crippen LogP contribution in [0.15, 0.2) is 11.0 Å². The number of hydrogen-bond donors (Lipinski definition) is 3. The molecule has 8 nitrogen and oxygen atoms in total. The molecule has 3 heterocycles. The van der Waals surface area contributed by atoms with Gasteiger partial charge in [0.15, 0.2) is 5.82 Å². The topological polar surface area (TPSA) is 113 Å². The number of hydrogen-bond acceptors (Lipinski definition) is 6. The van der Waals surface area contributed by atoms with Gasteiger partial charge in [0.25, 0.3) is 6.08 Å². The van der Waals surface area contributed by atoms with Crippen LogP contribution in [0.1, 0.15) is 12.6 Å². The Balaban J connectivity index is 1.99. The van der Waals surface area contributed by atoms with Crippen molar-refractivity contribution in [2.75, 3.05) is 6.61 Å². The second kappa shape index (κ2) is 4.37. The molecular weight excluding hydrogens is 259 g/mol. The third kappa shape index (κ3) is 2.01. The number of halogens is 1. The van der Waals surface area contributed by atoms with Gasteiger partial charge in [-0.2, -0.15) is 14.4 Å². The first kappa shape index (κ1) is 12.2. The fraction of sp³-hybridized carbons (Fsp3) is 0.500. The first-order valence-electron chi connectivity index (χ1n) is 5.67. The van der Waals surface area contributed by atoms with Gasteiger partial charge < -0.3 is 19.9 Å². The Morgan fingerprint density at radius 3 is 3.05 bits per heavy atom. The van der Waals surface area contributed by atoms with Gasteiger partial charge in [-0.1, -0.05) is 0 Å². The summed E-state index contributed by atoms with van der Waals surface area (Å²) in [5.74, 6) is -0.0176. The zero-order valence-electron chi connectivity index (χ0n) is 9.65. The Hall–Kier alpha value is -1.84. The second-order valence-electron chi connectivity index (χ2n) is 4.31. The van der Waals surface area contributed by atoms with E-state index < -0.39 is 30.2 Å². The number of aliphatic hydroxyl groups is 2. The molecule has 1 fully saturated rings. The van der Waals surface area contributed by atoms with Crippen LogP contribution in [0.25, 0.3) is 11.5 Å². The highest BCUT2D eigenvalue weighted by molar-refractivity contribution is 5.47. The summed E-state index contributed by atoms with van der Waals surface area (Å²) < 4.78 is 20.2. The van der Waals surface area contributed by atoms with Crippen molar-refractivity contribution in [2.45, 2.75) is 24.9 Å². The van der Waals surface area contributed by atoms with Crippen molar-refractivity contribution in [3.8, 4) is 11.5 Å². The van der Waals surface area contributed by atoms with Crippen molar-refractivity contribution in [3.05, 3.63) is 22.8 Å². The minimum absolute atomic E-state index is 0.0176. The molecule has 0 aromatic rings. The quantitative estimate of drug-likeness (QED) is 0.594. The highest BCUT2D eigenvalue weighted by atomic mass is 19.1. The highest BCUT2D eigenvalue weighted by Gasteiger charge is 2.35. The molecule has 1 saturated heterocycles. The molecule has 1 unspecified atom stereocenters. The largest absolute Gasteiger partial charge is 0.394 e. The Bertz CT molecular complexity index is 627. The molecule has 3 aliphatic heterocycles. The number of rotatable bonds is 2. The molecule has 3 rings (SSSR count). The molecule has 0 amide bonds. The van der Waals surface area contributed by atoms with E-state index in [1.54, 1.807) is 0 Å². The van der Waals surface area contributed by atoms with E-state index >= 15 is 0 Å². The predicted molar refractivity (Wildman–Crippen MR) is 58.8 cm³/mol. The summed E-state index contributed by atoms with van der Waals surface area (Å²) in [6.07, 6.45) is -1.88. The lowest BCUT2D eigenvalue weighted by molar-refractivity contribution is -0.0484. The number of aromatic nitrogens is 4. The van der Waals surface area contributed by atoms with Gasteiger partial charge in [0.05, 0.1) is 12.7 Å². The maximum atomic E-state index is 13.8. The number of aromatic amines is 1. The van der Waals surface area contributed by atoms with E-state index in [0.29, 0.717) is 0 Å². The number of ether oxygens (including phenoxy) is 1. The standard InChI is InChI=1S/C10H11FN4O4/c11-9-13-8-4(12-10(18)14-8)2-15(9)7-1-5(17)6(3-16)19-7/h2,5-7,16-17H,1,3H2,(H,12,18)/t5-,6+,7?/m0/s1. The van der Waals surface area contributed by atoms with E-state index in [9.17, 15) is 14.3 Å². The zero-order valence-corrected chi connectivity index (χ0v) is 9.65. The maximum absolute atomic E-state index is 13.8. The molecule has 0 aliphatic carbocycles. The third-order valence-electron chi connectivity index (χ3n) is 3.06. The van der Waals surface area contributed by atoms with Crippen molar-refractivity contribution in [1.82, 2.24) is 19.5 Å². The van der Waals surface area contributed by atoms with E-state index in [1.807, 2.05) is 0 Å². The minimum atomic E-state index is -0.880. The first-order valence-corrected chi connectivity index (χ1v) is 5.67. The SMILES string of the molecule is O=c1nc2nc(F)n(C3C[C@H](O)[C@@H](CO)O3)cc-2[nH]1. The lowest BCUT2D eigenvalue weighted by atomic mass is 10.2. The summed E-state index contributed by atoms with van der Waals surface area (Å²) in [6.45, 7) is -0.357. The maximum Gasteiger partial charge on any atom is 0.347 e. The van der Waals surface area contributed by atoms with Gasteiger partial charge in [0.2, 0.25) is 0 Å². The fourth-order valence-electron chi connectivity index (χ4n) is 2.12. The van der Waals surface area contributed by atoms with Gasteiger partial charge in [0, 0.05) is 12.6 Å². The van der Waals surface area contributed by atoms with Gasteiger partial charge in [-0.05, 0) is 0 Å². The van der Waals surface area contributed by atoms with Crippen LogP contribution in [0.3, 0.4) is 0 Å². The summed E-state index contributed by atoms with van der Waals surface area (Å²) in [6, 6.07) is 0. The molecule has 19 heavy (non-hydrogen) atoms. The van der Waals surface area contributed by atoms with Gasteiger partial charge >= 0.3 is 5.69 Å². The van der Waals surface area contributed by atoms with Crippen LogP contribution in [-0.4, -0.2) is 48.5 Å². The van der Waals surface area contributed by atoms with Crippen LogP contribution >= 0.6 is 0 Å². The van der Waals surface area contributed by atoms with Crippen molar-refractivity contribution in [2.24, 2.45) is 0 Å². The number of H-pyrrole nitrogens is 1. The fourth-order valence-corrected chi connectivity index (χ4v) is 2.12. The normalized spacial score (nSPS) is 27.2. The monoisotopic (exact) mass is 270 g/mol. The van der Waals surface area contributed by atoms with E-state index in [1.165, 1.54) is 6.20 Å². The molecule has 0 aromatic heterocycles. The Kier molecular flexibility index (Phi) is 2.81. The van der Waals surface area contributed by atoms with Crippen molar-refractivity contribution < 1.29 is 19.3 Å². The van der Waals surface area contributed by atoms with Crippen LogP contribution in [0.4, 0.5) is 4.39 Å². The van der Waals surface area contributed by atoms with Crippen molar-refractivity contribution in [1.29, 1.82) is 0 Å². The Labute approximate surface area is 105 Å². The van der Waals surface area contributed by atoms with Gasteiger partial charge in [0.1, 0.15) is 18.0 Å². The lowest BCUT2D eigenvalue weighted by Gasteiger charge is -2.16. The van der Waals surface area contributed by atoms with Crippen LogP contribution in [0.5, 0.6) is 0 Å². The molecule has 9 heteroatoms. The zero-order chi connectivity index (χ0) is 13.6. The Morgan fingerprint density at radius 2 is 2.37 bits per heavy atom. The van der Waals surface area contributed by atoms with Gasteiger partial charge in [-0.25, -0.2) is 4.79 Å². The van der Waals surface area contributed by atoms with E-state index in [2.05, 4.69) is 15.0 Å². The molecular formula is C10H11FN4O4. The summed E-state index contributed by atoms with van der Waals surface area (Å²) in [4.78, 5) is 20.5. The lowest BCUT2D eigenvalue weighted by Crippen LogP contribution is -2.24. The van der Waals surface area contributed by atoms with Crippen LogP contribution in [-0.2, 0) is 4.74 Å². The molecule has 0 aromatic carbocycles. The molecule has 0 radical (unpaired) electrons. The molecule has 102 valence electrons. The van der Waals surface area contributed by atoms with E-state index in [0.717, 1.165) is 4.57 Å². The average molecular weight is 270 g/mol. The molecule has 0 spiro atoms. The third-order valence-corrected chi connectivity index (χ3v) is 3.06. The number of nitrogens with zero attached hydrogens (tertiary/aromatic N) is 3. The molecule has 0 saturated carbocycles. The van der Waals surface area contributed by atoms with Crippen LogP contribution < -0.4 is 5.69 Å². The average Bonchev–Trinajstić information content (AvgIpc) is 2.89. The highest BCUT2D eigenvalue weighted by Crippen LogP contribution is 2.30. The van der Waals surface area contributed by atoms with E-state index in [-0.39, 0.29) is 24.5 Å². The smallest absolute Gasteiger partial charge is 0.347 e.